The Morgan fingerprint density at radius 1 is 1.28 bits per heavy atom. The van der Waals surface area contributed by atoms with Crippen molar-refractivity contribution >= 4 is 17.5 Å². The third-order valence-electron chi connectivity index (χ3n) is 4.42. The van der Waals surface area contributed by atoms with Gasteiger partial charge in [-0.15, -0.1) is 0 Å². The van der Waals surface area contributed by atoms with Gasteiger partial charge < -0.3 is 9.47 Å². The number of ketones is 1. The summed E-state index contributed by atoms with van der Waals surface area (Å²) in [6.45, 7) is 0.248. The molecule has 25 heavy (non-hydrogen) atoms. The summed E-state index contributed by atoms with van der Waals surface area (Å²) in [5.74, 6) is -5.04. The van der Waals surface area contributed by atoms with E-state index < -0.39 is 45.9 Å². The van der Waals surface area contributed by atoms with Gasteiger partial charge in [-0.2, -0.15) is 22.0 Å². The number of rotatable bonds is 5. The highest BCUT2D eigenvalue weighted by atomic mass is 32.2. The zero-order chi connectivity index (χ0) is 18.4. The monoisotopic (exact) mass is 382 g/mol. The van der Waals surface area contributed by atoms with E-state index >= 15 is 0 Å². The first-order valence-electron chi connectivity index (χ1n) is 7.60. The molecular weight excluding hydrogens is 367 g/mol. The third-order valence-corrected chi connectivity index (χ3v) is 5.21. The van der Waals surface area contributed by atoms with Crippen molar-refractivity contribution in [3.8, 4) is 5.75 Å². The van der Waals surface area contributed by atoms with Crippen LogP contribution in [-0.2, 0) is 11.2 Å². The molecule has 0 radical (unpaired) electrons. The Bertz CT molecular complexity index is 683. The molecule has 2 aliphatic rings. The van der Waals surface area contributed by atoms with Gasteiger partial charge in [0.05, 0.1) is 12.7 Å². The minimum absolute atomic E-state index is 0.0490. The van der Waals surface area contributed by atoms with Crippen molar-refractivity contribution in [2.75, 3.05) is 13.7 Å². The average molecular weight is 382 g/mol. The number of carbonyl (C=O) groups is 1. The van der Waals surface area contributed by atoms with Crippen molar-refractivity contribution in [2.24, 2.45) is 5.92 Å². The van der Waals surface area contributed by atoms with Gasteiger partial charge in [0.1, 0.15) is 5.75 Å². The number of fused-ring (bicyclic) bond motifs is 1. The van der Waals surface area contributed by atoms with Crippen LogP contribution >= 0.6 is 11.8 Å². The van der Waals surface area contributed by atoms with Crippen molar-refractivity contribution in [3.05, 3.63) is 23.3 Å². The molecule has 2 aliphatic carbocycles. The third kappa shape index (κ3) is 3.76. The molecule has 1 aromatic carbocycles. The van der Waals surface area contributed by atoms with Gasteiger partial charge in [-0.05, 0) is 42.7 Å². The highest BCUT2D eigenvalue weighted by Crippen LogP contribution is 2.47. The molecule has 0 amide bonds. The minimum Gasteiger partial charge on any atom is -0.493 e. The molecule has 1 saturated carbocycles. The SMILES string of the molecule is COC1CC(COc2ccc(SC(F)(F)F)c3c2CC(F)(F)C3=O)C1. The normalized spacial score (nSPS) is 24.8. The molecule has 3 nitrogen and oxygen atoms in total. The van der Waals surface area contributed by atoms with E-state index in [1.807, 2.05) is 0 Å². The number of alkyl halides is 5. The molecule has 0 bridgehead atoms. The summed E-state index contributed by atoms with van der Waals surface area (Å²) < 4.78 is 76.1. The maximum atomic E-state index is 13.8. The van der Waals surface area contributed by atoms with Crippen LogP contribution in [-0.4, -0.2) is 37.0 Å². The highest BCUT2D eigenvalue weighted by molar-refractivity contribution is 8.00. The smallest absolute Gasteiger partial charge is 0.446 e. The molecule has 0 N–H and O–H groups in total. The lowest BCUT2D eigenvalue weighted by molar-refractivity contribution is -0.0328. The molecule has 0 saturated heterocycles. The van der Waals surface area contributed by atoms with Crippen molar-refractivity contribution in [1.29, 1.82) is 0 Å². The van der Waals surface area contributed by atoms with Crippen LogP contribution in [0.5, 0.6) is 5.75 Å². The van der Waals surface area contributed by atoms with Gasteiger partial charge in [0.2, 0.25) is 5.78 Å². The van der Waals surface area contributed by atoms with Crippen LogP contribution < -0.4 is 4.74 Å². The number of ether oxygens (including phenoxy) is 2. The number of hydrogen-bond donors (Lipinski definition) is 0. The molecule has 0 atom stereocenters. The first-order chi connectivity index (χ1) is 11.6. The number of benzene rings is 1. The number of Topliss-reactive ketones (excluding diaryl/α,β-unsaturated/α-hetero) is 1. The summed E-state index contributed by atoms with van der Waals surface area (Å²) in [6.07, 6.45) is 0.760. The largest absolute Gasteiger partial charge is 0.493 e. The summed E-state index contributed by atoms with van der Waals surface area (Å²) in [5, 5.41) is 0. The van der Waals surface area contributed by atoms with Gasteiger partial charge >= 0.3 is 11.4 Å². The number of halogens is 5. The molecular formula is C16H15F5O3S. The summed E-state index contributed by atoms with van der Waals surface area (Å²) in [4.78, 5) is 11.3. The van der Waals surface area contributed by atoms with E-state index in [-0.39, 0.29) is 29.9 Å². The fourth-order valence-corrected chi connectivity index (χ4v) is 3.78. The average Bonchev–Trinajstić information content (AvgIpc) is 2.69. The fraction of sp³-hybridized carbons (Fsp3) is 0.562. The minimum atomic E-state index is -4.67. The van der Waals surface area contributed by atoms with Crippen LogP contribution in [0.25, 0.3) is 0 Å². The van der Waals surface area contributed by atoms with Crippen molar-refractivity contribution in [1.82, 2.24) is 0 Å². The molecule has 0 aromatic heterocycles. The predicted octanol–water partition coefficient (Wildman–Crippen LogP) is 4.48. The number of carbonyl (C=O) groups excluding carboxylic acids is 1. The van der Waals surface area contributed by atoms with Gasteiger partial charge in [0.25, 0.3) is 0 Å². The maximum Gasteiger partial charge on any atom is 0.446 e. The van der Waals surface area contributed by atoms with E-state index in [0.717, 1.165) is 18.9 Å². The van der Waals surface area contributed by atoms with Crippen LogP contribution in [0, 0.1) is 5.92 Å². The van der Waals surface area contributed by atoms with Crippen molar-refractivity contribution in [3.63, 3.8) is 0 Å². The molecule has 1 fully saturated rings. The summed E-state index contributed by atoms with van der Waals surface area (Å²) in [5.41, 5.74) is -5.39. The molecule has 138 valence electrons. The first-order valence-corrected chi connectivity index (χ1v) is 8.42. The Balaban J connectivity index is 1.83. The van der Waals surface area contributed by atoms with E-state index in [0.29, 0.717) is 0 Å². The lowest BCUT2D eigenvalue weighted by Gasteiger charge is -2.33. The first kappa shape index (κ1) is 18.4. The molecule has 3 rings (SSSR count). The van der Waals surface area contributed by atoms with Gasteiger partial charge in [0.15, 0.2) is 0 Å². The zero-order valence-electron chi connectivity index (χ0n) is 13.2. The number of methoxy groups -OCH3 is 1. The van der Waals surface area contributed by atoms with E-state index in [4.69, 9.17) is 9.47 Å². The van der Waals surface area contributed by atoms with Gasteiger partial charge in [-0.1, -0.05) is 0 Å². The summed E-state index contributed by atoms with van der Waals surface area (Å²) >= 11 is -0.564. The summed E-state index contributed by atoms with van der Waals surface area (Å²) in [6, 6.07) is 2.25. The van der Waals surface area contributed by atoms with Gasteiger partial charge in [-0.3, -0.25) is 4.79 Å². The number of hydrogen-bond acceptors (Lipinski definition) is 4. The predicted molar refractivity (Wildman–Crippen MR) is 80.4 cm³/mol. The van der Waals surface area contributed by atoms with E-state index in [1.54, 1.807) is 7.11 Å². The molecule has 0 aliphatic heterocycles. The maximum absolute atomic E-state index is 13.8. The summed E-state index contributed by atoms with van der Waals surface area (Å²) in [7, 11) is 1.60. The van der Waals surface area contributed by atoms with Crippen LogP contribution in [0.1, 0.15) is 28.8 Å². The molecule has 0 spiro atoms. The second-order valence-electron chi connectivity index (χ2n) is 6.18. The Morgan fingerprint density at radius 3 is 2.56 bits per heavy atom. The van der Waals surface area contributed by atoms with E-state index in [2.05, 4.69) is 0 Å². The molecule has 0 heterocycles. The van der Waals surface area contributed by atoms with Gasteiger partial charge in [-0.25, -0.2) is 0 Å². The second kappa shape index (κ2) is 6.42. The van der Waals surface area contributed by atoms with Crippen molar-refractivity contribution < 1.29 is 36.2 Å². The fourth-order valence-electron chi connectivity index (χ4n) is 3.07. The molecule has 0 unspecified atom stereocenters. The van der Waals surface area contributed by atoms with Crippen molar-refractivity contribution in [2.45, 2.75) is 41.7 Å². The number of thioether (sulfide) groups is 1. The van der Waals surface area contributed by atoms with Crippen LogP contribution in [0.2, 0.25) is 0 Å². The standard InChI is InChI=1S/C16H15F5O3S/c1-23-9-4-8(5-9)7-24-11-2-3-12(25-16(19,20)21)13-10(11)6-15(17,18)14(13)22/h2-3,8-9H,4-7H2,1H3. The Kier molecular flexibility index (Phi) is 4.74. The topological polar surface area (TPSA) is 35.5 Å². The van der Waals surface area contributed by atoms with Gasteiger partial charge in [0, 0.05) is 29.6 Å². The Labute approximate surface area is 144 Å². The van der Waals surface area contributed by atoms with Crippen LogP contribution in [0.4, 0.5) is 22.0 Å². The second-order valence-corrected chi connectivity index (χ2v) is 7.29. The molecule has 1 aromatic rings. The van der Waals surface area contributed by atoms with E-state index in [1.165, 1.54) is 6.07 Å². The highest BCUT2D eigenvalue weighted by Gasteiger charge is 2.50. The van der Waals surface area contributed by atoms with Crippen LogP contribution in [0.3, 0.4) is 0 Å². The Morgan fingerprint density at radius 2 is 1.96 bits per heavy atom. The lowest BCUT2D eigenvalue weighted by Crippen LogP contribution is -2.34. The quantitative estimate of drug-likeness (QED) is 0.556. The Hall–Kier alpha value is -1.35. The zero-order valence-corrected chi connectivity index (χ0v) is 14.0. The van der Waals surface area contributed by atoms with E-state index in [9.17, 15) is 26.7 Å². The molecule has 9 heteroatoms. The lowest BCUT2D eigenvalue weighted by atomic mass is 9.83. The van der Waals surface area contributed by atoms with Crippen LogP contribution in [0.15, 0.2) is 17.0 Å².